The number of carbonyl (C=O) groups is 1. The number of nitrogens with zero attached hydrogens (tertiary/aromatic N) is 3. The molecule has 0 aliphatic rings. The van der Waals surface area contributed by atoms with Gasteiger partial charge < -0.3 is 10.1 Å². The van der Waals surface area contributed by atoms with Crippen molar-refractivity contribution in [1.82, 2.24) is 20.3 Å². The molecule has 0 spiro atoms. The van der Waals surface area contributed by atoms with E-state index in [-0.39, 0.29) is 5.91 Å². The van der Waals surface area contributed by atoms with Crippen LogP contribution in [0.1, 0.15) is 37.4 Å². The summed E-state index contributed by atoms with van der Waals surface area (Å²) < 4.78 is 7.20. The predicted octanol–water partition coefficient (Wildman–Crippen LogP) is 2.66. The third-order valence-electron chi connectivity index (χ3n) is 3.56. The summed E-state index contributed by atoms with van der Waals surface area (Å²) in [5.41, 5.74) is 1.82. The Morgan fingerprint density at radius 2 is 2.04 bits per heavy atom. The number of benzene rings is 1. The lowest BCUT2D eigenvalue weighted by atomic mass is 10.2. The predicted molar refractivity (Wildman–Crippen MR) is 98.0 cm³/mol. The van der Waals surface area contributed by atoms with E-state index < -0.39 is 0 Å². The van der Waals surface area contributed by atoms with Gasteiger partial charge in [-0.1, -0.05) is 48.9 Å². The standard InChI is InChI=1S/C19H26N4O2/c1-2-3-13-25-14-7-12-20-19(24)11-10-18-16-23(22-21-18)15-17-8-5-4-6-9-17/h4-6,8-11,16H,2-3,7,12-15H2,1H3,(H,20,24)/b11-10+. The van der Waals surface area contributed by atoms with Gasteiger partial charge in [-0.25, -0.2) is 4.68 Å². The van der Waals surface area contributed by atoms with E-state index >= 15 is 0 Å². The van der Waals surface area contributed by atoms with Crippen molar-refractivity contribution < 1.29 is 9.53 Å². The zero-order valence-corrected chi connectivity index (χ0v) is 14.7. The fourth-order valence-corrected chi connectivity index (χ4v) is 2.19. The van der Waals surface area contributed by atoms with E-state index in [1.54, 1.807) is 10.8 Å². The van der Waals surface area contributed by atoms with Crippen LogP contribution in [0, 0.1) is 0 Å². The van der Waals surface area contributed by atoms with Gasteiger partial charge in [-0.2, -0.15) is 0 Å². The molecule has 1 aromatic carbocycles. The van der Waals surface area contributed by atoms with Gasteiger partial charge >= 0.3 is 0 Å². The van der Waals surface area contributed by atoms with Crippen LogP contribution >= 0.6 is 0 Å². The molecule has 2 aromatic rings. The molecule has 0 unspecified atom stereocenters. The van der Waals surface area contributed by atoms with Crippen molar-refractivity contribution in [3.05, 3.63) is 53.9 Å². The minimum Gasteiger partial charge on any atom is -0.381 e. The van der Waals surface area contributed by atoms with Crippen LogP contribution in [0.4, 0.5) is 0 Å². The fraction of sp³-hybridized carbons (Fsp3) is 0.421. The maximum Gasteiger partial charge on any atom is 0.244 e. The number of hydrogen-bond acceptors (Lipinski definition) is 4. The first-order valence-corrected chi connectivity index (χ1v) is 8.75. The van der Waals surface area contributed by atoms with Crippen LogP contribution in [0.25, 0.3) is 6.08 Å². The van der Waals surface area contributed by atoms with Crippen LogP contribution in [-0.4, -0.2) is 40.7 Å². The Balaban J connectivity index is 1.66. The lowest BCUT2D eigenvalue weighted by Crippen LogP contribution is -2.23. The summed E-state index contributed by atoms with van der Waals surface area (Å²) in [6.07, 6.45) is 8.00. The Morgan fingerprint density at radius 3 is 2.84 bits per heavy atom. The van der Waals surface area contributed by atoms with Gasteiger partial charge in [-0.3, -0.25) is 4.79 Å². The Morgan fingerprint density at radius 1 is 1.24 bits per heavy atom. The molecular formula is C19H26N4O2. The first-order chi connectivity index (χ1) is 12.3. The summed E-state index contributed by atoms with van der Waals surface area (Å²) in [7, 11) is 0. The second-order valence-electron chi connectivity index (χ2n) is 5.77. The van der Waals surface area contributed by atoms with Crippen LogP contribution in [0.15, 0.2) is 42.6 Å². The molecule has 1 aromatic heterocycles. The molecule has 0 atom stereocenters. The molecule has 0 saturated carbocycles. The molecule has 0 aliphatic carbocycles. The van der Waals surface area contributed by atoms with Crippen LogP contribution in [0.3, 0.4) is 0 Å². The summed E-state index contributed by atoms with van der Waals surface area (Å²) in [4.78, 5) is 11.8. The van der Waals surface area contributed by atoms with Crippen molar-refractivity contribution in [1.29, 1.82) is 0 Å². The monoisotopic (exact) mass is 342 g/mol. The quantitative estimate of drug-likeness (QED) is 0.503. The molecule has 0 bridgehead atoms. The second-order valence-corrected chi connectivity index (χ2v) is 5.77. The normalized spacial score (nSPS) is 11.1. The number of aromatic nitrogens is 3. The maximum absolute atomic E-state index is 11.8. The molecule has 0 fully saturated rings. The lowest BCUT2D eigenvalue weighted by molar-refractivity contribution is -0.116. The molecule has 0 aliphatic heterocycles. The zero-order chi connectivity index (χ0) is 17.7. The van der Waals surface area contributed by atoms with E-state index in [1.165, 1.54) is 6.08 Å². The largest absolute Gasteiger partial charge is 0.381 e. The topological polar surface area (TPSA) is 69.0 Å². The van der Waals surface area contributed by atoms with Crippen LogP contribution in [0.2, 0.25) is 0 Å². The highest BCUT2D eigenvalue weighted by Gasteiger charge is 2.00. The average molecular weight is 342 g/mol. The van der Waals surface area contributed by atoms with Crippen LogP contribution in [0.5, 0.6) is 0 Å². The minimum atomic E-state index is -0.133. The van der Waals surface area contributed by atoms with Crippen molar-refractivity contribution in [3.8, 4) is 0 Å². The fourth-order valence-electron chi connectivity index (χ4n) is 2.19. The highest BCUT2D eigenvalue weighted by Crippen LogP contribution is 2.03. The van der Waals surface area contributed by atoms with Gasteiger partial charge in [0.05, 0.1) is 12.7 Å². The van der Waals surface area contributed by atoms with Crippen LogP contribution in [-0.2, 0) is 16.1 Å². The summed E-state index contributed by atoms with van der Waals surface area (Å²) in [5.74, 6) is -0.133. The van der Waals surface area contributed by atoms with Gasteiger partial charge in [-0.05, 0) is 24.5 Å². The summed E-state index contributed by atoms with van der Waals surface area (Å²) in [6, 6.07) is 10.0. The van der Waals surface area contributed by atoms with Crippen molar-refractivity contribution in [2.24, 2.45) is 0 Å². The highest BCUT2D eigenvalue weighted by molar-refractivity contribution is 5.91. The van der Waals surface area contributed by atoms with Gasteiger partial charge in [0.15, 0.2) is 0 Å². The maximum atomic E-state index is 11.8. The lowest BCUT2D eigenvalue weighted by Gasteiger charge is -2.03. The van der Waals surface area contributed by atoms with Crippen molar-refractivity contribution in [2.45, 2.75) is 32.7 Å². The number of amides is 1. The number of nitrogens with one attached hydrogen (secondary N) is 1. The molecule has 25 heavy (non-hydrogen) atoms. The zero-order valence-electron chi connectivity index (χ0n) is 14.7. The first kappa shape index (κ1) is 18.9. The number of ether oxygens (including phenoxy) is 1. The Bertz CT molecular complexity index is 652. The number of unbranched alkanes of at least 4 members (excludes halogenated alkanes) is 1. The van der Waals surface area contributed by atoms with Gasteiger partial charge in [-0.15, -0.1) is 5.10 Å². The van der Waals surface area contributed by atoms with Crippen molar-refractivity contribution in [2.75, 3.05) is 19.8 Å². The van der Waals surface area contributed by atoms with Gasteiger partial charge in [0.1, 0.15) is 5.69 Å². The van der Waals surface area contributed by atoms with E-state index in [1.807, 2.05) is 36.5 Å². The molecule has 1 amide bonds. The van der Waals surface area contributed by atoms with Gasteiger partial charge in [0, 0.05) is 25.8 Å². The molecule has 2 rings (SSSR count). The van der Waals surface area contributed by atoms with Gasteiger partial charge in [0.25, 0.3) is 0 Å². The van der Waals surface area contributed by atoms with E-state index in [4.69, 9.17) is 4.74 Å². The Kier molecular flexibility index (Phi) is 8.41. The first-order valence-electron chi connectivity index (χ1n) is 8.75. The molecule has 6 nitrogen and oxygen atoms in total. The summed E-state index contributed by atoms with van der Waals surface area (Å²) in [6.45, 7) is 4.87. The van der Waals surface area contributed by atoms with Crippen molar-refractivity contribution >= 4 is 12.0 Å². The van der Waals surface area contributed by atoms with Gasteiger partial charge in [0.2, 0.25) is 5.91 Å². The second kappa shape index (κ2) is 11.1. The Hall–Kier alpha value is -2.47. The minimum absolute atomic E-state index is 0.133. The molecule has 0 radical (unpaired) electrons. The summed E-state index contributed by atoms with van der Waals surface area (Å²) in [5, 5.41) is 10.9. The molecular weight excluding hydrogens is 316 g/mol. The smallest absolute Gasteiger partial charge is 0.244 e. The number of carbonyl (C=O) groups excluding carboxylic acids is 1. The summed E-state index contributed by atoms with van der Waals surface area (Å²) >= 11 is 0. The third-order valence-corrected chi connectivity index (χ3v) is 3.56. The number of rotatable bonds is 11. The van der Waals surface area contributed by atoms with Crippen LogP contribution < -0.4 is 5.32 Å². The molecule has 1 heterocycles. The molecule has 6 heteroatoms. The average Bonchev–Trinajstić information content (AvgIpc) is 3.07. The van der Waals surface area contributed by atoms with Crippen molar-refractivity contribution in [3.63, 3.8) is 0 Å². The highest BCUT2D eigenvalue weighted by atomic mass is 16.5. The van der Waals surface area contributed by atoms with E-state index in [2.05, 4.69) is 22.6 Å². The molecule has 0 saturated heterocycles. The van der Waals surface area contributed by atoms with E-state index in [9.17, 15) is 4.79 Å². The molecule has 134 valence electrons. The third kappa shape index (κ3) is 7.76. The number of hydrogen-bond donors (Lipinski definition) is 1. The SMILES string of the molecule is CCCCOCCCNC(=O)/C=C/c1cn(Cc2ccccc2)nn1. The Labute approximate surface area is 148 Å². The van der Waals surface area contributed by atoms with E-state index in [0.29, 0.717) is 25.4 Å². The molecule has 1 N–H and O–H groups in total. The van der Waals surface area contributed by atoms with E-state index in [0.717, 1.165) is 31.4 Å².